The maximum absolute atomic E-state index is 14.6. The molecule has 0 saturated heterocycles. The van der Waals surface area contributed by atoms with Gasteiger partial charge in [-0.05, 0) is 36.5 Å². The van der Waals surface area contributed by atoms with Gasteiger partial charge in [-0.15, -0.1) is 0 Å². The molecule has 2 heterocycles. The summed E-state index contributed by atoms with van der Waals surface area (Å²) in [5.41, 5.74) is -1.65. The summed E-state index contributed by atoms with van der Waals surface area (Å²) in [5.74, 6) is -2.93. The first kappa shape index (κ1) is 22.9. The molecule has 1 aromatic rings. The van der Waals surface area contributed by atoms with Crippen LogP contribution in [0.25, 0.3) is 0 Å². The second kappa shape index (κ2) is 8.59. The number of hydrogen-bond donors (Lipinski definition) is 1. The van der Waals surface area contributed by atoms with Crippen LogP contribution >= 0.6 is 0 Å². The van der Waals surface area contributed by atoms with Crippen LogP contribution in [0.4, 0.5) is 14.5 Å². The van der Waals surface area contributed by atoms with Crippen molar-refractivity contribution >= 4 is 17.6 Å². The smallest absolute Gasteiger partial charge is 0.337 e. The van der Waals surface area contributed by atoms with Crippen LogP contribution < -0.4 is 5.32 Å². The minimum absolute atomic E-state index is 0.0169. The third-order valence-corrected chi connectivity index (χ3v) is 6.36. The molecule has 3 aliphatic rings. The number of carbonyl (C=O) groups is 2. The summed E-state index contributed by atoms with van der Waals surface area (Å²) < 4.78 is 44.3. The highest BCUT2D eigenvalue weighted by Crippen LogP contribution is 2.50. The molecule has 33 heavy (non-hydrogen) atoms. The summed E-state index contributed by atoms with van der Waals surface area (Å²) in [6.45, 7) is 2.03. The number of benzene rings is 1. The Bertz CT molecular complexity index is 1110. The minimum atomic E-state index is -1.42. The number of fused-ring (bicyclic) bond motifs is 2. The lowest BCUT2D eigenvalue weighted by molar-refractivity contribution is -0.139. The zero-order valence-electron chi connectivity index (χ0n) is 18.6. The molecule has 4 rings (SSSR count). The zero-order valence-corrected chi connectivity index (χ0v) is 18.6. The van der Waals surface area contributed by atoms with Crippen LogP contribution in [-0.2, 0) is 23.8 Å². The number of hydrogen-bond acceptors (Lipinski definition) is 6. The van der Waals surface area contributed by atoms with Crippen molar-refractivity contribution in [2.45, 2.75) is 37.5 Å². The number of ether oxygens (including phenoxy) is 3. The summed E-state index contributed by atoms with van der Waals surface area (Å²) in [5, 5.41) is 3.12. The van der Waals surface area contributed by atoms with Gasteiger partial charge in [-0.2, -0.15) is 0 Å². The quantitative estimate of drug-likeness (QED) is 0.493. The molecule has 0 spiro atoms. The fourth-order valence-electron chi connectivity index (χ4n) is 4.73. The molecule has 6 nitrogen and oxygen atoms in total. The van der Waals surface area contributed by atoms with Crippen LogP contribution in [0.15, 0.2) is 65.8 Å². The molecule has 1 N–H and O–H groups in total. The van der Waals surface area contributed by atoms with Gasteiger partial charge in [-0.25, -0.2) is 18.4 Å². The molecule has 0 amide bonds. The van der Waals surface area contributed by atoms with Crippen LogP contribution in [0.1, 0.15) is 19.8 Å². The highest BCUT2D eigenvalue weighted by atomic mass is 19.1. The average Bonchev–Trinajstić information content (AvgIpc) is 3.37. The normalized spacial score (nSPS) is 28.2. The van der Waals surface area contributed by atoms with Gasteiger partial charge in [0.15, 0.2) is 0 Å². The van der Waals surface area contributed by atoms with E-state index in [9.17, 15) is 18.4 Å². The van der Waals surface area contributed by atoms with Crippen molar-refractivity contribution < 1.29 is 32.6 Å². The van der Waals surface area contributed by atoms with Gasteiger partial charge in [-0.3, -0.25) is 0 Å². The average molecular weight is 457 g/mol. The van der Waals surface area contributed by atoms with Gasteiger partial charge in [0.1, 0.15) is 23.3 Å². The van der Waals surface area contributed by atoms with Crippen molar-refractivity contribution in [3.05, 3.63) is 77.4 Å². The molecule has 1 aromatic carbocycles. The molecule has 0 saturated carbocycles. The number of carbonyl (C=O) groups excluding carboxylic acids is 2. The number of rotatable bonds is 7. The van der Waals surface area contributed by atoms with E-state index in [-0.39, 0.29) is 22.2 Å². The molecule has 4 atom stereocenters. The van der Waals surface area contributed by atoms with Gasteiger partial charge in [0, 0.05) is 6.07 Å². The Kier molecular flexibility index (Phi) is 5.97. The summed E-state index contributed by atoms with van der Waals surface area (Å²) >= 11 is 0. The Morgan fingerprint density at radius 3 is 2.58 bits per heavy atom. The summed E-state index contributed by atoms with van der Waals surface area (Å²) in [7, 11) is 2.43. The number of esters is 2. The second-order valence-corrected chi connectivity index (χ2v) is 8.63. The van der Waals surface area contributed by atoms with Crippen molar-refractivity contribution in [2.75, 3.05) is 19.5 Å². The van der Waals surface area contributed by atoms with E-state index in [0.29, 0.717) is 12.8 Å². The molecule has 2 bridgehead atoms. The maximum Gasteiger partial charge on any atom is 0.337 e. The number of nitrogens with one attached hydrogen (secondary N) is 1. The van der Waals surface area contributed by atoms with Crippen molar-refractivity contribution in [2.24, 2.45) is 5.41 Å². The molecule has 0 fully saturated rings. The maximum atomic E-state index is 14.6. The topological polar surface area (TPSA) is 73.9 Å². The van der Waals surface area contributed by atoms with E-state index in [0.717, 1.165) is 12.1 Å². The second-order valence-electron chi connectivity index (χ2n) is 8.63. The Labute approximate surface area is 190 Å². The van der Waals surface area contributed by atoms with Crippen molar-refractivity contribution in [3.8, 4) is 0 Å². The predicted molar refractivity (Wildman–Crippen MR) is 117 cm³/mol. The van der Waals surface area contributed by atoms with Gasteiger partial charge < -0.3 is 19.5 Å². The van der Waals surface area contributed by atoms with E-state index in [1.807, 2.05) is 31.2 Å². The lowest BCUT2D eigenvalue weighted by atomic mass is 9.71. The highest BCUT2D eigenvalue weighted by molar-refractivity contribution is 6.05. The van der Waals surface area contributed by atoms with Crippen molar-refractivity contribution in [1.82, 2.24) is 0 Å². The van der Waals surface area contributed by atoms with Crippen LogP contribution in [-0.4, -0.2) is 43.9 Å². The molecular weight excluding hydrogens is 432 g/mol. The van der Waals surface area contributed by atoms with Crippen molar-refractivity contribution in [3.63, 3.8) is 0 Å². The molecule has 4 unspecified atom stereocenters. The van der Waals surface area contributed by atoms with Gasteiger partial charge >= 0.3 is 11.9 Å². The third kappa shape index (κ3) is 3.99. The number of methoxy groups -OCH3 is 2. The predicted octanol–water partition coefficient (Wildman–Crippen LogP) is 4.01. The zero-order chi connectivity index (χ0) is 23.8. The molecular formula is C25H25F2NO5. The highest BCUT2D eigenvalue weighted by Gasteiger charge is 2.59. The first-order valence-corrected chi connectivity index (χ1v) is 10.6. The Hall–Kier alpha value is -3.26. The van der Waals surface area contributed by atoms with Gasteiger partial charge in [0.25, 0.3) is 0 Å². The Balaban J connectivity index is 1.83. The standard InChI is InChI=1S/C25H25F2NO5/c1-24(10-5-4-6-11-24)14-19(28-17-8-7-15(26)13-16(17)27)25-12-9-18(33-25)20(22(29)31-2)21(25)23(30)32-3/h4-10,12-13,18-19,28H,11,14H2,1-3H3. The fourth-order valence-corrected chi connectivity index (χ4v) is 4.73. The Morgan fingerprint density at radius 1 is 1.18 bits per heavy atom. The van der Waals surface area contributed by atoms with E-state index < -0.39 is 41.3 Å². The lowest BCUT2D eigenvalue weighted by Crippen LogP contribution is -2.50. The summed E-state index contributed by atoms with van der Waals surface area (Å²) in [6.07, 6.45) is 11.6. The minimum Gasteiger partial charge on any atom is -0.466 e. The first-order valence-electron chi connectivity index (χ1n) is 10.6. The van der Waals surface area contributed by atoms with E-state index in [4.69, 9.17) is 14.2 Å². The molecule has 0 aromatic heterocycles. The van der Waals surface area contributed by atoms with E-state index in [1.165, 1.54) is 20.3 Å². The Morgan fingerprint density at radius 2 is 1.94 bits per heavy atom. The summed E-state index contributed by atoms with van der Waals surface area (Å²) in [4.78, 5) is 25.5. The number of anilines is 1. The molecule has 0 radical (unpaired) electrons. The van der Waals surface area contributed by atoms with Crippen LogP contribution in [0.2, 0.25) is 0 Å². The lowest BCUT2D eigenvalue weighted by Gasteiger charge is -2.40. The van der Waals surface area contributed by atoms with Gasteiger partial charge in [0.05, 0.1) is 37.1 Å². The molecule has 174 valence electrons. The fraction of sp³-hybridized carbons (Fsp3) is 0.360. The van der Waals surface area contributed by atoms with Crippen LogP contribution in [0.5, 0.6) is 0 Å². The molecule has 2 aliphatic heterocycles. The van der Waals surface area contributed by atoms with Crippen LogP contribution in [0.3, 0.4) is 0 Å². The number of halogens is 2. The number of allylic oxidation sites excluding steroid dienone is 4. The largest absolute Gasteiger partial charge is 0.466 e. The first-order chi connectivity index (χ1) is 15.7. The summed E-state index contributed by atoms with van der Waals surface area (Å²) in [6, 6.07) is 2.50. The van der Waals surface area contributed by atoms with Crippen molar-refractivity contribution in [1.29, 1.82) is 0 Å². The van der Waals surface area contributed by atoms with Gasteiger partial charge in [0.2, 0.25) is 0 Å². The van der Waals surface area contributed by atoms with E-state index in [1.54, 1.807) is 12.2 Å². The molecule has 1 aliphatic carbocycles. The van der Waals surface area contributed by atoms with E-state index >= 15 is 0 Å². The van der Waals surface area contributed by atoms with Gasteiger partial charge in [-0.1, -0.05) is 37.3 Å². The SMILES string of the molecule is COC(=O)C1=C(C(=O)OC)C2(C(CC3(C)C=CC=CC3)Nc3ccc(F)cc3F)C=CC1O2. The van der Waals surface area contributed by atoms with E-state index in [2.05, 4.69) is 5.32 Å². The monoisotopic (exact) mass is 457 g/mol. The van der Waals surface area contributed by atoms with Crippen LogP contribution in [0, 0.1) is 17.0 Å². The third-order valence-electron chi connectivity index (χ3n) is 6.36. The molecule has 8 heteroatoms.